The van der Waals surface area contributed by atoms with Crippen LogP contribution in [0.5, 0.6) is 0 Å². The first-order chi connectivity index (χ1) is 46.1. The number of benzene rings is 14. The summed E-state index contributed by atoms with van der Waals surface area (Å²) < 4.78 is 10.9. The third kappa shape index (κ3) is 8.03. The van der Waals surface area contributed by atoms with Crippen LogP contribution in [0.3, 0.4) is 0 Å². The van der Waals surface area contributed by atoms with Crippen molar-refractivity contribution >= 4 is 109 Å². The van der Waals surface area contributed by atoms with Gasteiger partial charge < -0.3 is 18.3 Å². The first-order valence-electron chi connectivity index (χ1n) is 31.5. The molecule has 19 rings (SSSR count). The standard InChI is InChI=1S/C86H52N6S/c87-53-70-81(86-88-71-35-17-22-40-80(71)93-86)83(90-73-37-19-14-32-63(73)67-50-59(42-46-77(67)90)55-25-7-2-8-26-55)85(92-75-39-21-16-34-65(75)69-52-61(44-48-79(69)92)57-29-11-4-12-30-57)84(91-74-38-20-15-33-64(74)68-51-60(43-47-78(68)91)56-27-9-3-10-28-56)82(70)89-72-36-18-13-31-62(72)66-49-58(41-45-76(66)89)54-23-5-1-6-24-54/h1-52H. The summed E-state index contributed by atoms with van der Waals surface area (Å²) in [5, 5.41) is 22.6. The largest absolute Gasteiger partial charge is 0.306 e. The van der Waals surface area contributed by atoms with Gasteiger partial charge in [0.25, 0.3) is 0 Å². The number of para-hydroxylation sites is 5. The lowest BCUT2D eigenvalue weighted by Crippen LogP contribution is -2.16. The molecule has 0 N–H and O–H groups in total. The molecule has 7 heteroatoms. The van der Waals surface area contributed by atoms with Gasteiger partial charge in [-0.15, -0.1) is 11.3 Å². The number of hydrogen-bond acceptors (Lipinski definition) is 3. The minimum atomic E-state index is 0.489. The molecular formula is C86H52N6S. The van der Waals surface area contributed by atoms with Crippen molar-refractivity contribution in [2.75, 3.05) is 0 Å². The monoisotopic (exact) mass is 1200 g/mol. The third-order valence-electron chi connectivity index (χ3n) is 19.0. The van der Waals surface area contributed by atoms with Gasteiger partial charge in [-0.3, -0.25) is 0 Å². The molecule has 0 saturated heterocycles. The van der Waals surface area contributed by atoms with Crippen LogP contribution in [0.25, 0.3) is 175 Å². The van der Waals surface area contributed by atoms with E-state index < -0.39 is 0 Å². The van der Waals surface area contributed by atoms with Gasteiger partial charge in [-0.1, -0.05) is 231 Å². The van der Waals surface area contributed by atoms with Gasteiger partial charge in [0.2, 0.25) is 0 Å². The fourth-order valence-corrected chi connectivity index (χ4v) is 16.0. The van der Waals surface area contributed by atoms with E-state index in [0.29, 0.717) is 5.56 Å². The SMILES string of the molecule is N#Cc1c(-c2nc3ccccc3s2)c(-n2c3ccccc3c3cc(-c4ccccc4)ccc32)c(-n2c3ccccc3c3cc(-c4ccccc4)ccc32)c(-n2c3ccccc3c3cc(-c4ccccc4)ccc32)c1-n1c2ccccc2c2cc(-c3ccccc3)ccc21. The number of thiazole rings is 1. The molecule has 0 aliphatic heterocycles. The number of nitriles is 1. The van der Waals surface area contributed by atoms with Crippen LogP contribution in [0.4, 0.5) is 0 Å². The zero-order valence-corrected chi connectivity index (χ0v) is 50.9. The van der Waals surface area contributed by atoms with Crippen molar-refractivity contribution in [1.82, 2.24) is 23.3 Å². The Morgan fingerprint density at radius 1 is 0.258 bits per heavy atom. The Labute approximate surface area is 538 Å². The summed E-state index contributed by atoms with van der Waals surface area (Å²) in [6.45, 7) is 0. The molecule has 5 heterocycles. The molecule has 0 unspecified atom stereocenters. The Balaban J connectivity index is 1.10. The molecule has 19 aromatic rings. The molecule has 0 spiro atoms. The normalized spacial score (nSPS) is 11.9. The first-order valence-corrected chi connectivity index (χ1v) is 32.3. The fourth-order valence-electron chi connectivity index (χ4n) is 14.9. The van der Waals surface area contributed by atoms with E-state index in [1.807, 2.05) is 0 Å². The van der Waals surface area contributed by atoms with Crippen LogP contribution in [0.2, 0.25) is 0 Å². The van der Waals surface area contributed by atoms with E-state index in [2.05, 4.69) is 340 Å². The van der Waals surface area contributed by atoms with Crippen molar-refractivity contribution in [2.45, 2.75) is 0 Å². The fraction of sp³-hybridized carbons (Fsp3) is 0. The lowest BCUT2D eigenvalue weighted by Gasteiger charge is -2.29. The molecule has 0 fully saturated rings. The molecule has 14 aromatic carbocycles. The summed E-state index contributed by atoms with van der Waals surface area (Å²) in [6.07, 6.45) is 0. The van der Waals surface area contributed by atoms with Crippen LogP contribution in [-0.2, 0) is 0 Å². The van der Waals surface area contributed by atoms with Crippen molar-refractivity contribution in [3.63, 3.8) is 0 Å². The number of aromatic nitrogens is 5. The molecule has 0 radical (unpaired) electrons. The molecule has 0 aliphatic rings. The van der Waals surface area contributed by atoms with Crippen LogP contribution in [0.1, 0.15) is 5.56 Å². The van der Waals surface area contributed by atoms with Crippen molar-refractivity contribution in [1.29, 1.82) is 5.26 Å². The molecule has 0 bridgehead atoms. The second kappa shape index (κ2) is 20.9. The molecule has 0 amide bonds. The molecular weight excluding hydrogens is 1150 g/mol. The van der Waals surface area contributed by atoms with Crippen LogP contribution < -0.4 is 0 Å². The highest BCUT2D eigenvalue weighted by atomic mass is 32.1. The molecule has 0 atom stereocenters. The molecule has 432 valence electrons. The maximum atomic E-state index is 13.2. The summed E-state index contributed by atoms with van der Waals surface area (Å²) in [6, 6.07) is 117. The smallest absolute Gasteiger partial charge is 0.128 e. The Morgan fingerprint density at radius 2 is 0.548 bits per heavy atom. The van der Waals surface area contributed by atoms with Gasteiger partial charge in [0, 0.05) is 43.1 Å². The quantitative estimate of drug-likeness (QED) is 0.145. The third-order valence-corrected chi connectivity index (χ3v) is 20.1. The molecule has 5 aromatic heterocycles. The Hall–Kier alpha value is -12.3. The zero-order valence-electron chi connectivity index (χ0n) is 50.1. The Kier molecular flexibility index (Phi) is 11.8. The molecule has 0 saturated carbocycles. The van der Waals surface area contributed by atoms with Crippen LogP contribution >= 0.6 is 11.3 Å². The predicted molar refractivity (Wildman–Crippen MR) is 389 cm³/mol. The van der Waals surface area contributed by atoms with Crippen LogP contribution in [-0.4, -0.2) is 23.3 Å². The van der Waals surface area contributed by atoms with Crippen LogP contribution in [0.15, 0.2) is 315 Å². The van der Waals surface area contributed by atoms with E-state index in [-0.39, 0.29) is 0 Å². The molecule has 6 nitrogen and oxygen atoms in total. The van der Waals surface area contributed by atoms with Crippen molar-refractivity contribution in [3.8, 4) is 83.9 Å². The second-order valence-electron chi connectivity index (χ2n) is 24.0. The van der Waals surface area contributed by atoms with Crippen molar-refractivity contribution in [2.24, 2.45) is 0 Å². The maximum absolute atomic E-state index is 13.2. The number of fused-ring (bicyclic) bond motifs is 13. The number of hydrogen-bond donors (Lipinski definition) is 0. The molecule has 93 heavy (non-hydrogen) atoms. The van der Waals surface area contributed by atoms with Gasteiger partial charge in [-0.25, -0.2) is 4.98 Å². The molecule has 0 aliphatic carbocycles. The summed E-state index contributed by atoms with van der Waals surface area (Å²) >= 11 is 1.63. The van der Waals surface area contributed by atoms with Gasteiger partial charge in [0.15, 0.2) is 0 Å². The van der Waals surface area contributed by atoms with Gasteiger partial charge in [0.05, 0.1) is 88.2 Å². The summed E-state index contributed by atoms with van der Waals surface area (Å²) in [7, 11) is 0. The highest BCUT2D eigenvalue weighted by Gasteiger charge is 2.36. The van der Waals surface area contributed by atoms with Gasteiger partial charge in [0.1, 0.15) is 11.1 Å². The zero-order chi connectivity index (χ0) is 61.3. The highest BCUT2D eigenvalue weighted by Crippen LogP contribution is 2.53. The van der Waals surface area contributed by atoms with E-state index in [1.54, 1.807) is 11.3 Å². The highest BCUT2D eigenvalue weighted by molar-refractivity contribution is 7.21. The lowest BCUT2D eigenvalue weighted by atomic mass is 9.97. The average Bonchev–Trinajstić information content (AvgIpc) is 1.58. The average molecular weight is 1200 g/mol. The van der Waals surface area contributed by atoms with Crippen LogP contribution in [0, 0.1) is 11.3 Å². The van der Waals surface area contributed by atoms with Crippen molar-refractivity contribution < 1.29 is 0 Å². The Morgan fingerprint density at radius 3 is 0.903 bits per heavy atom. The summed E-state index contributed by atoms with van der Waals surface area (Å²) in [5.74, 6) is 0. The lowest BCUT2D eigenvalue weighted by molar-refractivity contribution is 1.02. The second-order valence-corrected chi connectivity index (χ2v) is 25.1. The van der Waals surface area contributed by atoms with Crippen molar-refractivity contribution in [3.05, 3.63) is 321 Å². The Bertz CT molecular complexity index is 6260. The topological polar surface area (TPSA) is 56.4 Å². The maximum Gasteiger partial charge on any atom is 0.128 e. The van der Waals surface area contributed by atoms with E-state index in [4.69, 9.17) is 4.98 Å². The number of nitrogens with zero attached hydrogens (tertiary/aromatic N) is 6. The number of rotatable bonds is 9. The van der Waals surface area contributed by atoms with Gasteiger partial charge in [-0.05, 0) is 129 Å². The minimum absolute atomic E-state index is 0.489. The van der Waals surface area contributed by atoms with E-state index in [0.717, 1.165) is 175 Å². The van der Waals surface area contributed by atoms with E-state index in [9.17, 15) is 5.26 Å². The van der Waals surface area contributed by atoms with Gasteiger partial charge >= 0.3 is 0 Å². The summed E-state index contributed by atoms with van der Waals surface area (Å²) in [5.41, 5.74) is 22.3. The van der Waals surface area contributed by atoms with E-state index in [1.165, 1.54) is 0 Å². The predicted octanol–water partition coefficient (Wildman–Crippen LogP) is 22.9. The van der Waals surface area contributed by atoms with Gasteiger partial charge in [-0.2, -0.15) is 5.26 Å². The first kappa shape index (κ1) is 52.6. The minimum Gasteiger partial charge on any atom is -0.306 e. The van der Waals surface area contributed by atoms with E-state index >= 15 is 0 Å². The summed E-state index contributed by atoms with van der Waals surface area (Å²) in [4.78, 5) is 5.72.